The summed E-state index contributed by atoms with van der Waals surface area (Å²) in [6.45, 7) is 5.90. The SMILES string of the molecule is CNc1nn(CC(=O)Nc2c(C)cc(C)cc2C)c(N)c1-c1nc(-c2ccccc2)no1. The zero-order valence-corrected chi connectivity index (χ0v) is 18.4. The number of carbonyl (C=O) groups excluding carboxylic acids is 1. The molecule has 32 heavy (non-hydrogen) atoms. The smallest absolute Gasteiger partial charge is 0.265 e. The molecule has 0 atom stereocenters. The van der Waals surface area contributed by atoms with Gasteiger partial charge in [-0.1, -0.05) is 53.2 Å². The number of nitrogens with zero attached hydrogens (tertiary/aromatic N) is 4. The van der Waals surface area contributed by atoms with Crippen molar-refractivity contribution in [1.29, 1.82) is 0 Å². The van der Waals surface area contributed by atoms with E-state index in [4.69, 9.17) is 10.3 Å². The Morgan fingerprint density at radius 3 is 2.47 bits per heavy atom. The highest BCUT2D eigenvalue weighted by molar-refractivity contribution is 5.93. The molecule has 0 aliphatic heterocycles. The Labute approximate surface area is 185 Å². The first-order valence-electron chi connectivity index (χ1n) is 10.2. The van der Waals surface area contributed by atoms with Crippen LogP contribution in [-0.4, -0.2) is 32.9 Å². The quantitative estimate of drug-likeness (QED) is 0.424. The second kappa shape index (κ2) is 8.54. The van der Waals surface area contributed by atoms with Gasteiger partial charge in [0.15, 0.2) is 5.82 Å². The Kier molecular flexibility index (Phi) is 5.63. The van der Waals surface area contributed by atoms with Crippen molar-refractivity contribution < 1.29 is 9.32 Å². The van der Waals surface area contributed by atoms with Crippen LogP contribution in [0.15, 0.2) is 47.0 Å². The van der Waals surface area contributed by atoms with Gasteiger partial charge in [-0.05, 0) is 31.9 Å². The number of anilines is 3. The predicted molar refractivity (Wildman–Crippen MR) is 124 cm³/mol. The number of aryl methyl sites for hydroxylation is 3. The Morgan fingerprint density at radius 2 is 1.81 bits per heavy atom. The zero-order chi connectivity index (χ0) is 22.8. The first-order valence-corrected chi connectivity index (χ1v) is 10.2. The molecule has 2 aromatic heterocycles. The minimum atomic E-state index is -0.237. The van der Waals surface area contributed by atoms with Gasteiger partial charge in [-0.15, -0.1) is 0 Å². The van der Waals surface area contributed by atoms with Crippen LogP contribution in [-0.2, 0) is 11.3 Å². The number of hydrogen-bond donors (Lipinski definition) is 3. The van der Waals surface area contributed by atoms with Crippen LogP contribution in [0.4, 0.5) is 17.3 Å². The van der Waals surface area contributed by atoms with Gasteiger partial charge < -0.3 is 20.9 Å². The van der Waals surface area contributed by atoms with Crippen LogP contribution < -0.4 is 16.4 Å². The topological polar surface area (TPSA) is 124 Å². The van der Waals surface area contributed by atoms with Crippen molar-refractivity contribution in [3.8, 4) is 22.8 Å². The van der Waals surface area contributed by atoms with E-state index < -0.39 is 0 Å². The largest absolute Gasteiger partial charge is 0.383 e. The van der Waals surface area contributed by atoms with E-state index in [1.165, 1.54) is 4.68 Å². The van der Waals surface area contributed by atoms with Crippen molar-refractivity contribution in [3.63, 3.8) is 0 Å². The predicted octanol–water partition coefficient (Wildman–Crippen LogP) is 3.79. The molecular weight excluding hydrogens is 406 g/mol. The van der Waals surface area contributed by atoms with Crippen molar-refractivity contribution in [3.05, 3.63) is 59.2 Å². The van der Waals surface area contributed by atoms with Crippen molar-refractivity contribution >= 4 is 23.2 Å². The van der Waals surface area contributed by atoms with Crippen LogP contribution >= 0.6 is 0 Å². The maximum absolute atomic E-state index is 12.8. The van der Waals surface area contributed by atoms with Gasteiger partial charge in [-0.2, -0.15) is 10.1 Å². The van der Waals surface area contributed by atoms with Gasteiger partial charge >= 0.3 is 0 Å². The van der Waals surface area contributed by atoms with Crippen LogP contribution in [0, 0.1) is 20.8 Å². The summed E-state index contributed by atoms with van der Waals surface area (Å²) < 4.78 is 6.87. The minimum absolute atomic E-state index is 0.0626. The number of amides is 1. The fourth-order valence-corrected chi connectivity index (χ4v) is 3.70. The third kappa shape index (κ3) is 4.04. The molecule has 0 aliphatic rings. The number of aromatic nitrogens is 4. The average Bonchev–Trinajstić information content (AvgIpc) is 3.36. The molecule has 9 nitrogen and oxygen atoms in total. The number of nitrogens with one attached hydrogen (secondary N) is 2. The maximum atomic E-state index is 12.8. The molecule has 4 N–H and O–H groups in total. The second-order valence-corrected chi connectivity index (χ2v) is 7.63. The van der Waals surface area contributed by atoms with E-state index in [0.29, 0.717) is 17.2 Å². The maximum Gasteiger partial charge on any atom is 0.265 e. The number of nitrogens with two attached hydrogens (primary N) is 1. The molecule has 0 radical (unpaired) electrons. The molecule has 0 fully saturated rings. The molecule has 9 heteroatoms. The zero-order valence-electron chi connectivity index (χ0n) is 18.4. The van der Waals surface area contributed by atoms with Crippen LogP contribution in [0.2, 0.25) is 0 Å². The minimum Gasteiger partial charge on any atom is -0.383 e. The van der Waals surface area contributed by atoms with Crippen LogP contribution in [0.25, 0.3) is 22.8 Å². The standard InChI is InChI=1S/C23H25N7O2/c1-13-10-14(2)19(15(3)11-13)26-17(31)12-30-20(24)18(22(25-4)28-30)23-27-21(29-32-23)16-8-6-5-7-9-16/h5-11H,12,24H2,1-4H3,(H,25,28)(H,26,31). The van der Waals surface area contributed by atoms with Gasteiger partial charge in [0.05, 0.1) is 0 Å². The Morgan fingerprint density at radius 1 is 1.12 bits per heavy atom. The summed E-state index contributed by atoms with van der Waals surface area (Å²) in [6.07, 6.45) is 0. The first kappa shape index (κ1) is 21.1. The summed E-state index contributed by atoms with van der Waals surface area (Å²) in [5.41, 5.74) is 11.6. The summed E-state index contributed by atoms with van der Waals surface area (Å²) in [5.74, 6) is 1.13. The number of rotatable bonds is 6. The van der Waals surface area contributed by atoms with E-state index in [1.54, 1.807) is 7.05 Å². The average molecular weight is 432 g/mol. The Bertz CT molecular complexity index is 1250. The first-order chi connectivity index (χ1) is 15.4. The number of nitrogen functional groups attached to an aromatic ring is 1. The van der Waals surface area contributed by atoms with Crippen molar-refractivity contribution in [1.82, 2.24) is 19.9 Å². The van der Waals surface area contributed by atoms with Crippen molar-refractivity contribution in [2.45, 2.75) is 27.3 Å². The summed E-state index contributed by atoms with van der Waals surface area (Å²) >= 11 is 0. The van der Waals surface area contributed by atoms with Crippen LogP contribution in [0.1, 0.15) is 16.7 Å². The highest BCUT2D eigenvalue weighted by atomic mass is 16.5. The number of benzene rings is 2. The molecule has 2 heterocycles. The third-order valence-electron chi connectivity index (χ3n) is 5.14. The van der Waals surface area contributed by atoms with E-state index in [0.717, 1.165) is 27.9 Å². The molecule has 2 aromatic carbocycles. The molecular formula is C23H25N7O2. The van der Waals surface area contributed by atoms with Gasteiger partial charge in [0, 0.05) is 18.3 Å². The van der Waals surface area contributed by atoms with Gasteiger partial charge in [-0.25, -0.2) is 4.68 Å². The molecule has 1 amide bonds. The van der Waals surface area contributed by atoms with Crippen molar-refractivity contribution in [2.24, 2.45) is 0 Å². The van der Waals surface area contributed by atoms with E-state index in [9.17, 15) is 4.79 Å². The van der Waals surface area contributed by atoms with E-state index in [1.807, 2.05) is 63.2 Å². The monoisotopic (exact) mass is 431 g/mol. The lowest BCUT2D eigenvalue weighted by Gasteiger charge is -2.13. The molecule has 4 rings (SSSR count). The molecule has 0 spiro atoms. The lowest BCUT2D eigenvalue weighted by atomic mass is 10.1. The molecule has 0 bridgehead atoms. The Balaban J connectivity index is 1.60. The number of hydrogen-bond acceptors (Lipinski definition) is 7. The molecule has 0 saturated heterocycles. The Hall–Kier alpha value is -4.14. The molecule has 164 valence electrons. The summed E-state index contributed by atoms with van der Waals surface area (Å²) in [6, 6.07) is 13.5. The fraction of sp³-hybridized carbons (Fsp3) is 0.217. The van der Waals surface area contributed by atoms with E-state index in [2.05, 4.69) is 25.9 Å². The third-order valence-corrected chi connectivity index (χ3v) is 5.14. The van der Waals surface area contributed by atoms with E-state index in [-0.39, 0.29) is 24.2 Å². The normalized spacial score (nSPS) is 10.9. The van der Waals surface area contributed by atoms with Crippen LogP contribution in [0.3, 0.4) is 0 Å². The molecule has 0 saturated carbocycles. The highest BCUT2D eigenvalue weighted by Crippen LogP contribution is 2.33. The van der Waals surface area contributed by atoms with Crippen molar-refractivity contribution in [2.75, 3.05) is 23.4 Å². The molecule has 4 aromatic rings. The number of carbonyl (C=O) groups is 1. The van der Waals surface area contributed by atoms with Gasteiger partial charge in [-0.3, -0.25) is 4.79 Å². The molecule has 0 unspecified atom stereocenters. The van der Waals surface area contributed by atoms with Gasteiger partial charge in [0.25, 0.3) is 5.89 Å². The summed E-state index contributed by atoms with van der Waals surface area (Å²) in [7, 11) is 1.71. The van der Waals surface area contributed by atoms with Gasteiger partial charge in [0.2, 0.25) is 11.7 Å². The lowest BCUT2D eigenvalue weighted by Crippen LogP contribution is -2.21. The fourth-order valence-electron chi connectivity index (χ4n) is 3.70. The van der Waals surface area contributed by atoms with Gasteiger partial charge in [0.1, 0.15) is 17.9 Å². The summed E-state index contributed by atoms with van der Waals surface area (Å²) in [4.78, 5) is 17.2. The highest BCUT2D eigenvalue weighted by Gasteiger charge is 2.24. The second-order valence-electron chi connectivity index (χ2n) is 7.63. The van der Waals surface area contributed by atoms with Crippen LogP contribution in [0.5, 0.6) is 0 Å². The van der Waals surface area contributed by atoms with E-state index >= 15 is 0 Å². The molecule has 0 aliphatic carbocycles. The lowest BCUT2D eigenvalue weighted by molar-refractivity contribution is -0.116. The summed E-state index contributed by atoms with van der Waals surface area (Å²) in [5, 5.41) is 14.4.